The van der Waals surface area contributed by atoms with Gasteiger partial charge in [-0.2, -0.15) is 0 Å². The molecule has 0 spiro atoms. The fourth-order valence-electron chi connectivity index (χ4n) is 3.85. The highest BCUT2D eigenvalue weighted by atomic mass is 16.6. The minimum atomic E-state index is -0.327. The monoisotopic (exact) mass is 284 g/mol. The predicted octanol–water partition coefficient (Wildman–Crippen LogP) is 3.40. The third kappa shape index (κ3) is 1.73. The zero-order valence-electron chi connectivity index (χ0n) is 11.7. The molecule has 1 aliphatic heterocycles. The SMILES string of the molecule is O=C1CCCCc2c1n1c3c(cc([N+](=O)[O-])cc23)CCC1. The van der Waals surface area contributed by atoms with Crippen LogP contribution in [0, 0.1) is 10.1 Å². The fourth-order valence-corrected chi connectivity index (χ4v) is 3.85. The van der Waals surface area contributed by atoms with Gasteiger partial charge in [-0.15, -0.1) is 0 Å². The molecule has 0 unspecified atom stereocenters. The van der Waals surface area contributed by atoms with E-state index in [4.69, 9.17) is 0 Å². The number of fused-ring (bicyclic) bond motifs is 3. The Kier molecular flexibility index (Phi) is 2.64. The zero-order valence-corrected chi connectivity index (χ0v) is 11.7. The number of aromatic nitrogens is 1. The number of nitro benzene ring substituents is 1. The van der Waals surface area contributed by atoms with E-state index in [2.05, 4.69) is 4.57 Å². The first kappa shape index (κ1) is 12.6. The number of nitro groups is 1. The summed E-state index contributed by atoms with van der Waals surface area (Å²) in [6, 6.07) is 3.35. The summed E-state index contributed by atoms with van der Waals surface area (Å²) >= 11 is 0. The second kappa shape index (κ2) is 4.41. The van der Waals surface area contributed by atoms with Crippen molar-refractivity contribution in [1.82, 2.24) is 4.57 Å². The third-order valence-corrected chi connectivity index (χ3v) is 4.71. The van der Waals surface area contributed by atoms with Crippen molar-refractivity contribution in [2.45, 2.75) is 45.1 Å². The van der Waals surface area contributed by atoms with Crippen LogP contribution in [0.1, 0.15) is 47.3 Å². The lowest BCUT2D eigenvalue weighted by atomic mass is 10.00. The molecule has 4 rings (SSSR count). The first-order valence-corrected chi connectivity index (χ1v) is 7.52. The van der Waals surface area contributed by atoms with Gasteiger partial charge in [0.1, 0.15) is 0 Å². The van der Waals surface area contributed by atoms with Gasteiger partial charge in [-0.05, 0) is 43.2 Å². The van der Waals surface area contributed by atoms with Crippen molar-refractivity contribution in [3.8, 4) is 0 Å². The molecule has 2 heterocycles. The quantitative estimate of drug-likeness (QED) is 0.458. The third-order valence-electron chi connectivity index (χ3n) is 4.71. The molecule has 1 aliphatic carbocycles. The van der Waals surface area contributed by atoms with Gasteiger partial charge in [0, 0.05) is 30.5 Å². The first-order valence-electron chi connectivity index (χ1n) is 7.52. The lowest BCUT2D eigenvalue weighted by Gasteiger charge is -2.17. The van der Waals surface area contributed by atoms with Crippen molar-refractivity contribution in [2.24, 2.45) is 0 Å². The van der Waals surface area contributed by atoms with Crippen LogP contribution >= 0.6 is 0 Å². The summed E-state index contributed by atoms with van der Waals surface area (Å²) in [7, 11) is 0. The van der Waals surface area contributed by atoms with Crippen molar-refractivity contribution in [3.05, 3.63) is 39.1 Å². The van der Waals surface area contributed by atoms with Crippen LogP contribution in [-0.4, -0.2) is 15.3 Å². The highest BCUT2D eigenvalue weighted by Crippen LogP contribution is 2.38. The molecule has 0 N–H and O–H groups in total. The van der Waals surface area contributed by atoms with E-state index in [1.807, 2.05) is 0 Å². The van der Waals surface area contributed by atoms with Crippen LogP contribution in [0.2, 0.25) is 0 Å². The highest BCUT2D eigenvalue weighted by molar-refractivity contribution is 6.04. The van der Waals surface area contributed by atoms with Gasteiger partial charge in [0.25, 0.3) is 5.69 Å². The van der Waals surface area contributed by atoms with Crippen LogP contribution in [0.15, 0.2) is 12.1 Å². The number of Topliss-reactive ketones (excluding diaryl/α,β-unsaturated/α-hetero) is 1. The predicted molar refractivity (Wildman–Crippen MR) is 78.8 cm³/mol. The summed E-state index contributed by atoms with van der Waals surface area (Å²) in [6.45, 7) is 0.850. The summed E-state index contributed by atoms with van der Waals surface area (Å²) in [5.74, 6) is 0.203. The van der Waals surface area contributed by atoms with E-state index in [0.29, 0.717) is 6.42 Å². The Bertz CT molecular complexity index is 789. The summed E-state index contributed by atoms with van der Waals surface area (Å²) in [5.41, 5.74) is 4.10. The maximum atomic E-state index is 12.5. The van der Waals surface area contributed by atoms with Gasteiger partial charge < -0.3 is 4.57 Å². The molecule has 0 radical (unpaired) electrons. The van der Waals surface area contributed by atoms with Gasteiger partial charge in [0.05, 0.1) is 16.1 Å². The number of rotatable bonds is 1. The van der Waals surface area contributed by atoms with E-state index in [0.717, 1.165) is 66.4 Å². The minimum Gasteiger partial charge on any atom is -0.338 e. The number of nitrogens with zero attached hydrogens (tertiary/aromatic N) is 2. The normalized spacial score (nSPS) is 17.6. The van der Waals surface area contributed by atoms with E-state index in [1.54, 1.807) is 12.1 Å². The van der Waals surface area contributed by atoms with Crippen molar-refractivity contribution in [1.29, 1.82) is 0 Å². The average Bonchev–Trinajstić information content (AvgIpc) is 2.66. The molecule has 5 heteroatoms. The minimum absolute atomic E-state index is 0.149. The lowest BCUT2D eigenvalue weighted by molar-refractivity contribution is -0.384. The summed E-state index contributed by atoms with van der Waals surface area (Å²) in [5, 5.41) is 12.1. The number of ketones is 1. The molecule has 0 atom stereocenters. The van der Waals surface area contributed by atoms with Crippen LogP contribution in [0.25, 0.3) is 10.9 Å². The topological polar surface area (TPSA) is 65.1 Å². The molecule has 2 aromatic rings. The Morgan fingerprint density at radius 3 is 2.71 bits per heavy atom. The number of hydrogen-bond donors (Lipinski definition) is 0. The van der Waals surface area contributed by atoms with Crippen molar-refractivity contribution in [2.75, 3.05) is 0 Å². The lowest BCUT2D eigenvalue weighted by Crippen LogP contribution is -2.14. The van der Waals surface area contributed by atoms with Crippen molar-refractivity contribution < 1.29 is 9.72 Å². The second-order valence-corrected chi connectivity index (χ2v) is 5.97. The molecule has 5 nitrogen and oxygen atoms in total. The summed E-state index contributed by atoms with van der Waals surface area (Å²) in [4.78, 5) is 23.3. The molecule has 21 heavy (non-hydrogen) atoms. The van der Waals surface area contributed by atoms with Gasteiger partial charge in [-0.25, -0.2) is 0 Å². The van der Waals surface area contributed by atoms with Gasteiger partial charge in [0.2, 0.25) is 0 Å². The molecule has 2 aliphatic rings. The van der Waals surface area contributed by atoms with Crippen molar-refractivity contribution in [3.63, 3.8) is 0 Å². The summed E-state index contributed by atoms with van der Waals surface area (Å²) in [6.07, 6.45) is 5.14. The number of carbonyl (C=O) groups is 1. The molecule has 0 amide bonds. The number of benzene rings is 1. The molecule has 0 saturated heterocycles. The first-order chi connectivity index (χ1) is 10.2. The summed E-state index contributed by atoms with van der Waals surface area (Å²) < 4.78 is 2.13. The molecule has 0 fully saturated rings. The van der Waals surface area contributed by atoms with E-state index in [-0.39, 0.29) is 16.4 Å². The van der Waals surface area contributed by atoms with Gasteiger partial charge in [-0.1, -0.05) is 0 Å². The van der Waals surface area contributed by atoms with Crippen LogP contribution in [-0.2, 0) is 19.4 Å². The molecule has 0 bridgehead atoms. The highest BCUT2D eigenvalue weighted by Gasteiger charge is 2.29. The van der Waals surface area contributed by atoms with Gasteiger partial charge in [0.15, 0.2) is 5.78 Å². The maximum Gasteiger partial charge on any atom is 0.270 e. The molecular formula is C16H16N2O3. The van der Waals surface area contributed by atoms with E-state index in [9.17, 15) is 14.9 Å². The maximum absolute atomic E-state index is 12.5. The smallest absolute Gasteiger partial charge is 0.270 e. The Hall–Kier alpha value is -2.17. The standard InChI is InChI=1S/C16H16N2O3/c19-14-6-2-1-5-12-13-9-11(18(20)21)8-10-4-3-7-17(15(10)13)16(12)14/h8-9H,1-7H2. The van der Waals surface area contributed by atoms with E-state index < -0.39 is 0 Å². The van der Waals surface area contributed by atoms with Crippen molar-refractivity contribution >= 4 is 22.4 Å². The number of hydrogen-bond acceptors (Lipinski definition) is 3. The van der Waals surface area contributed by atoms with Crippen LogP contribution in [0.3, 0.4) is 0 Å². The van der Waals surface area contributed by atoms with E-state index >= 15 is 0 Å². The molecule has 108 valence electrons. The number of carbonyl (C=O) groups excluding carboxylic acids is 1. The Morgan fingerprint density at radius 2 is 1.90 bits per heavy atom. The Labute approximate surface area is 121 Å². The largest absolute Gasteiger partial charge is 0.338 e. The molecule has 0 saturated carbocycles. The average molecular weight is 284 g/mol. The molecule has 1 aromatic heterocycles. The van der Waals surface area contributed by atoms with Crippen LogP contribution in [0.4, 0.5) is 5.69 Å². The number of aryl methyl sites for hydroxylation is 3. The Balaban J connectivity index is 2.11. The van der Waals surface area contributed by atoms with Crippen LogP contribution in [0.5, 0.6) is 0 Å². The van der Waals surface area contributed by atoms with Gasteiger partial charge in [-0.3, -0.25) is 14.9 Å². The van der Waals surface area contributed by atoms with Gasteiger partial charge >= 0.3 is 0 Å². The number of non-ortho nitro benzene ring substituents is 1. The Morgan fingerprint density at radius 1 is 1.10 bits per heavy atom. The molecule has 1 aromatic carbocycles. The molecular weight excluding hydrogens is 268 g/mol. The fraction of sp³-hybridized carbons (Fsp3) is 0.438. The van der Waals surface area contributed by atoms with Crippen LogP contribution < -0.4 is 0 Å². The van der Waals surface area contributed by atoms with E-state index in [1.165, 1.54) is 0 Å². The zero-order chi connectivity index (χ0) is 14.6. The second-order valence-electron chi connectivity index (χ2n) is 5.97.